The second-order valence-electron chi connectivity index (χ2n) is 6.00. The van der Waals surface area contributed by atoms with Gasteiger partial charge in [0, 0.05) is 11.1 Å². The summed E-state index contributed by atoms with van der Waals surface area (Å²) in [4.78, 5) is 17.5. The highest BCUT2D eigenvalue weighted by Gasteiger charge is 2.22. The Morgan fingerprint density at radius 3 is 2.65 bits per heavy atom. The topological polar surface area (TPSA) is 51.2 Å². The molecule has 1 amide bonds. The average Bonchev–Trinajstić information content (AvgIpc) is 2.72. The molecule has 0 radical (unpaired) electrons. The molecule has 0 aliphatic rings. The van der Waals surface area contributed by atoms with Gasteiger partial charge in [-0.2, -0.15) is 0 Å². The van der Waals surface area contributed by atoms with Crippen LogP contribution in [-0.2, 0) is 4.74 Å². The lowest BCUT2D eigenvalue weighted by molar-refractivity contribution is 0.0500. The highest BCUT2D eigenvalue weighted by atomic mass is 32.1. The lowest BCUT2D eigenvalue weighted by Crippen LogP contribution is -2.35. The summed E-state index contributed by atoms with van der Waals surface area (Å²) in [5, 5.41) is 3.91. The molecule has 0 bridgehead atoms. The van der Waals surface area contributed by atoms with Crippen LogP contribution >= 0.6 is 11.3 Å². The molecule has 0 saturated carbocycles. The van der Waals surface area contributed by atoms with Crippen LogP contribution in [0.1, 0.15) is 69.3 Å². The van der Waals surface area contributed by atoms with Gasteiger partial charge < -0.3 is 10.1 Å². The summed E-state index contributed by atoms with van der Waals surface area (Å²) in [5.74, 6) is 0. The van der Waals surface area contributed by atoms with E-state index < -0.39 is 5.60 Å². The maximum absolute atomic E-state index is 11.9. The molecule has 0 aliphatic carbocycles. The molecule has 20 heavy (non-hydrogen) atoms. The number of unbranched alkanes of at least 4 members (excludes halogenated alkanes) is 2. The van der Waals surface area contributed by atoms with Gasteiger partial charge >= 0.3 is 6.09 Å². The van der Waals surface area contributed by atoms with Crippen molar-refractivity contribution in [2.24, 2.45) is 0 Å². The van der Waals surface area contributed by atoms with Crippen LogP contribution in [0.4, 0.5) is 4.79 Å². The fourth-order valence-electron chi connectivity index (χ4n) is 1.84. The number of carbonyl (C=O) groups is 1. The van der Waals surface area contributed by atoms with E-state index >= 15 is 0 Å². The Morgan fingerprint density at radius 1 is 1.45 bits per heavy atom. The normalized spacial score (nSPS) is 13.1. The molecule has 1 rings (SSSR count). The molecule has 1 aromatic rings. The van der Waals surface area contributed by atoms with E-state index in [0.29, 0.717) is 0 Å². The predicted octanol–water partition coefficient (Wildman–Crippen LogP) is 4.60. The van der Waals surface area contributed by atoms with E-state index in [1.807, 2.05) is 33.9 Å². The van der Waals surface area contributed by atoms with Gasteiger partial charge in [-0.25, -0.2) is 9.78 Å². The van der Waals surface area contributed by atoms with Gasteiger partial charge in [0.1, 0.15) is 10.6 Å². The summed E-state index contributed by atoms with van der Waals surface area (Å²) in [6.07, 6.45) is 5.79. The van der Waals surface area contributed by atoms with Gasteiger partial charge in [0.2, 0.25) is 0 Å². The first-order valence-corrected chi connectivity index (χ1v) is 8.05. The highest BCUT2D eigenvalue weighted by molar-refractivity contribution is 7.11. The second kappa shape index (κ2) is 7.62. The van der Waals surface area contributed by atoms with Crippen molar-refractivity contribution in [1.29, 1.82) is 0 Å². The van der Waals surface area contributed by atoms with E-state index in [0.717, 1.165) is 35.6 Å². The van der Waals surface area contributed by atoms with Gasteiger partial charge in [-0.1, -0.05) is 26.2 Å². The Balaban J connectivity index is 2.65. The van der Waals surface area contributed by atoms with E-state index in [4.69, 9.17) is 4.74 Å². The zero-order valence-corrected chi connectivity index (χ0v) is 14.0. The van der Waals surface area contributed by atoms with Gasteiger partial charge in [0.25, 0.3) is 0 Å². The molecule has 0 aliphatic heterocycles. The fourth-order valence-corrected chi connectivity index (χ4v) is 2.70. The number of hydrogen-bond donors (Lipinski definition) is 1. The predicted molar refractivity (Wildman–Crippen MR) is 83.1 cm³/mol. The summed E-state index contributed by atoms with van der Waals surface area (Å²) in [5.41, 5.74) is -0.475. The zero-order chi connectivity index (χ0) is 15.2. The summed E-state index contributed by atoms with van der Waals surface area (Å²) in [6, 6.07) is -0.0462. The standard InChI is InChI=1S/C15H26N2O2S/c1-6-7-8-9-12(13-16-10-11(2)20-13)17-14(18)19-15(3,4)5/h10,12H,6-9H2,1-5H3,(H,17,18). The number of alkyl carbamates (subject to hydrolysis) is 1. The maximum Gasteiger partial charge on any atom is 0.408 e. The Kier molecular flexibility index (Phi) is 6.46. The fraction of sp³-hybridized carbons (Fsp3) is 0.733. The number of aromatic nitrogens is 1. The molecule has 114 valence electrons. The third kappa shape index (κ3) is 6.37. The molecule has 1 unspecified atom stereocenters. The quantitative estimate of drug-likeness (QED) is 0.781. The van der Waals surface area contributed by atoms with E-state index in [2.05, 4.69) is 17.2 Å². The van der Waals surface area contributed by atoms with E-state index in [1.54, 1.807) is 11.3 Å². The Bertz CT molecular complexity index is 424. The molecule has 0 saturated heterocycles. The van der Waals surface area contributed by atoms with Crippen molar-refractivity contribution in [3.8, 4) is 0 Å². The molecule has 0 aromatic carbocycles. The van der Waals surface area contributed by atoms with Crippen molar-refractivity contribution in [3.63, 3.8) is 0 Å². The van der Waals surface area contributed by atoms with Gasteiger partial charge in [0.05, 0.1) is 6.04 Å². The molecule has 1 heterocycles. The third-order valence-corrected chi connectivity index (χ3v) is 3.75. The number of nitrogens with zero attached hydrogens (tertiary/aromatic N) is 1. The van der Waals surface area contributed by atoms with Crippen molar-refractivity contribution >= 4 is 17.4 Å². The number of amides is 1. The molecule has 0 fully saturated rings. The monoisotopic (exact) mass is 298 g/mol. The minimum atomic E-state index is -0.475. The van der Waals surface area contributed by atoms with Gasteiger partial charge in [0.15, 0.2) is 0 Å². The van der Waals surface area contributed by atoms with Crippen LogP contribution < -0.4 is 5.32 Å². The third-order valence-electron chi connectivity index (χ3n) is 2.72. The molecular formula is C15H26N2O2S. The number of aryl methyl sites for hydroxylation is 1. The molecule has 1 atom stereocenters. The van der Waals surface area contributed by atoms with Crippen molar-refractivity contribution < 1.29 is 9.53 Å². The van der Waals surface area contributed by atoms with E-state index in [-0.39, 0.29) is 12.1 Å². The van der Waals surface area contributed by atoms with Crippen LogP contribution in [0.25, 0.3) is 0 Å². The summed E-state index contributed by atoms with van der Waals surface area (Å²) >= 11 is 1.63. The summed E-state index contributed by atoms with van der Waals surface area (Å²) < 4.78 is 5.33. The minimum Gasteiger partial charge on any atom is -0.444 e. The molecule has 0 spiro atoms. The van der Waals surface area contributed by atoms with Gasteiger partial charge in [-0.3, -0.25) is 0 Å². The Labute approximate surface area is 125 Å². The Hall–Kier alpha value is -1.10. The first-order chi connectivity index (χ1) is 9.31. The lowest BCUT2D eigenvalue weighted by atomic mass is 10.1. The van der Waals surface area contributed by atoms with E-state index in [9.17, 15) is 4.79 Å². The first kappa shape index (κ1) is 17.0. The average molecular weight is 298 g/mol. The summed E-state index contributed by atoms with van der Waals surface area (Å²) in [6.45, 7) is 9.80. The van der Waals surface area contributed by atoms with Crippen LogP contribution in [0.2, 0.25) is 0 Å². The van der Waals surface area contributed by atoms with Gasteiger partial charge in [-0.05, 0) is 34.1 Å². The van der Waals surface area contributed by atoms with Crippen LogP contribution in [0.15, 0.2) is 6.20 Å². The molecule has 1 aromatic heterocycles. The second-order valence-corrected chi connectivity index (χ2v) is 7.27. The van der Waals surface area contributed by atoms with Crippen molar-refractivity contribution in [1.82, 2.24) is 10.3 Å². The lowest BCUT2D eigenvalue weighted by Gasteiger charge is -2.22. The SMILES string of the molecule is CCCCCC(NC(=O)OC(C)(C)C)c1ncc(C)s1. The van der Waals surface area contributed by atoms with Crippen molar-refractivity contribution in [2.75, 3.05) is 0 Å². The number of thiazole rings is 1. The summed E-state index contributed by atoms with van der Waals surface area (Å²) in [7, 11) is 0. The number of carbonyl (C=O) groups excluding carboxylic acids is 1. The van der Waals surface area contributed by atoms with Crippen LogP contribution in [-0.4, -0.2) is 16.7 Å². The molecular weight excluding hydrogens is 272 g/mol. The highest BCUT2D eigenvalue weighted by Crippen LogP contribution is 2.24. The first-order valence-electron chi connectivity index (χ1n) is 7.23. The van der Waals surface area contributed by atoms with Crippen molar-refractivity contribution in [3.05, 3.63) is 16.1 Å². The molecule has 5 heteroatoms. The zero-order valence-electron chi connectivity index (χ0n) is 13.2. The number of hydrogen-bond acceptors (Lipinski definition) is 4. The van der Waals surface area contributed by atoms with Gasteiger partial charge in [-0.15, -0.1) is 11.3 Å². The van der Waals surface area contributed by atoms with Crippen LogP contribution in [0.3, 0.4) is 0 Å². The number of nitrogens with one attached hydrogen (secondary N) is 1. The molecule has 1 N–H and O–H groups in total. The molecule has 4 nitrogen and oxygen atoms in total. The van der Waals surface area contributed by atoms with Crippen LogP contribution in [0, 0.1) is 6.92 Å². The largest absolute Gasteiger partial charge is 0.444 e. The number of rotatable bonds is 6. The smallest absolute Gasteiger partial charge is 0.408 e. The maximum atomic E-state index is 11.9. The van der Waals surface area contributed by atoms with Crippen molar-refractivity contribution in [2.45, 2.75) is 71.9 Å². The van der Waals surface area contributed by atoms with Crippen LogP contribution in [0.5, 0.6) is 0 Å². The minimum absolute atomic E-state index is 0.0462. The van der Waals surface area contributed by atoms with E-state index in [1.165, 1.54) is 0 Å². The Morgan fingerprint density at radius 2 is 2.15 bits per heavy atom. The number of ether oxygens (including phenoxy) is 1.